The lowest BCUT2D eigenvalue weighted by atomic mass is 10.0. The van der Waals surface area contributed by atoms with E-state index < -0.39 is 0 Å². The highest BCUT2D eigenvalue weighted by Gasteiger charge is 2.22. The molecule has 0 atom stereocenters. The first-order valence-electron chi connectivity index (χ1n) is 9.49. The molecule has 5 aromatic rings. The Morgan fingerprint density at radius 1 is 1.03 bits per heavy atom. The van der Waals surface area contributed by atoms with E-state index in [2.05, 4.69) is 21.2 Å². The second-order valence-electron chi connectivity index (χ2n) is 6.88. The summed E-state index contributed by atoms with van der Waals surface area (Å²) in [6.45, 7) is 0. The van der Waals surface area contributed by atoms with Crippen molar-refractivity contribution in [1.82, 2.24) is 4.98 Å². The van der Waals surface area contributed by atoms with Crippen molar-refractivity contribution in [2.45, 2.75) is 0 Å². The molecular formula is C24H16BrN3O2S. The minimum Gasteiger partial charge on any atom is -0.464 e. The summed E-state index contributed by atoms with van der Waals surface area (Å²) < 4.78 is 6.60. The zero-order chi connectivity index (χ0) is 21.4. The number of anilines is 2. The van der Waals surface area contributed by atoms with E-state index in [1.807, 2.05) is 72.8 Å². The maximum Gasteiger partial charge on any atom is 0.267 e. The van der Waals surface area contributed by atoms with E-state index in [1.54, 1.807) is 6.26 Å². The molecule has 31 heavy (non-hydrogen) atoms. The highest BCUT2D eigenvalue weighted by molar-refractivity contribution is 9.10. The van der Waals surface area contributed by atoms with Crippen molar-refractivity contribution in [3.8, 4) is 22.6 Å². The molecule has 0 saturated carbocycles. The summed E-state index contributed by atoms with van der Waals surface area (Å²) in [5.41, 5.74) is 10.1. The van der Waals surface area contributed by atoms with Gasteiger partial charge < -0.3 is 15.5 Å². The minimum atomic E-state index is -0.269. The highest BCUT2D eigenvalue weighted by atomic mass is 79.9. The van der Waals surface area contributed by atoms with Crippen molar-refractivity contribution in [3.05, 3.63) is 88.4 Å². The second-order valence-corrected chi connectivity index (χ2v) is 8.80. The van der Waals surface area contributed by atoms with Gasteiger partial charge in [0.2, 0.25) is 0 Å². The van der Waals surface area contributed by atoms with Gasteiger partial charge in [-0.3, -0.25) is 4.79 Å². The van der Waals surface area contributed by atoms with Crippen LogP contribution < -0.4 is 11.1 Å². The standard InChI is InChI=1S/C24H16BrN3O2S/c25-15-8-10-16(11-9-15)27-23(29)22-21(26)20-17(19-7-4-12-30-19)13-18(28-24(20)31-22)14-5-2-1-3-6-14/h1-13H,26H2,(H,27,29). The van der Waals surface area contributed by atoms with Gasteiger partial charge in [-0.2, -0.15) is 0 Å². The molecular weight excluding hydrogens is 474 g/mol. The molecule has 0 radical (unpaired) electrons. The number of hydrogen-bond acceptors (Lipinski definition) is 5. The fraction of sp³-hybridized carbons (Fsp3) is 0. The average Bonchev–Trinajstić information content (AvgIpc) is 3.44. The molecule has 5 rings (SSSR count). The molecule has 0 spiro atoms. The summed E-state index contributed by atoms with van der Waals surface area (Å²) >= 11 is 4.67. The number of fused-ring (bicyclic) bond motifs is 1. The SMILES string of the molecule is Nc1c(C(=O)Nc2ccc(Br)cc2)sc2nc(-c3ccccc3)cc(-c3ccco3)c12. The van der Waals surface area contributed by atoms with Crippen LogP contribution in [0.3, 0.4) is 0 Å². The molecule has 3 aromatic heterocycles. The molecule has 152 valence electrons. The van der Waals surface area contributed by atoms with Gasteiger partial charge in [0.05, 0.1) is 17.6 Å². The number of thiophene rings is 1. The highest BCUT2D eigenvalue weighted by Crippen LogP contribution is 2.41. The molecule has 0 unspecified atom stereocenters. The number of nitrogens with zero attached hydrogens (tertiary/aromatic N) is 1. The maximum absolute atomic E-state index is 13.0. The molecule has 0 aliphatic carbocycles. The summed E-state index contributed by atoms with van der Waals surface area (Å²) in [6.07, 6.45) is 1.62. The molecule has 3 heterocycles. The summed E-state index contributed by atoms with van der Waals surface area (Å²) in [6, 6.07) is 22.9. The maximum atomic E-state index is 13.0. The van der Waals surface area contributed by atoms with E-state index in [9.17, 15) is 4.79 Å². The van der Waals surface area contributed by atoms with Gasteiger partial charge in [0, 0.05) is 26.7 Å². The van der Waals surface area contributed by atoms with E-state index >= 15 is 0 Å². The van der Waals surface area contributed by atoms with Crippen LogP contribution >= 0.6 is 27.3 Å². The Balaban J connectivity index is 1.64. The van der Waals surface area contributed by atoms with Gasteiger partial charge in [-0.15, -0.1) is 11.3 Å². The van der Waals surface area contributed by atoms with Crippen LogP contribution in [0.25, 0.3) is 32.8 Å². The summed E-state index contributed by atoms with van der Waals surface area (Å²) in [7, 11) is 0. The van der Waals surface area contributed by atoms with E-state index in [4.69, 9.17) is 15.1 Å². The van der Waals surface area contributed by atoms with Gasteiger partial charge in [-0.1, -0.05) is 46.3 Å². The molecule has 7 heteroatoms. The Kier molecular flexibility index (Phi) is 5.05. The number of nitrogens with one attached hydrogen (secondary N) is 1. The number of hydrogen-bond donors (Lipinski definition) is 2. The molecule has 0 bridgehead atoms. The van der Waals surface area contributed by atoms with Crippen molar-refractivity contribution in [3.63, 3.8) is 0 Å². The van der Waals surface area contributed by atoms with E-state index in [0.717, 1.165) is 26.7 Å². The molecule has 0 aliphatic rings. The number of rotatable bonds is 4. The van der Waals surface area contributed by atoms with Crippen molar-refractivity contribution in [2.75, 3.05) is 11.1 Å². The fourth-order valence-electron chi connectivity index (χ4n) is 3.39. The molecule has 2 aromatic carbocycles. The lowest BCUT2D eigenvalue weighted by molar-refractivity contribution is 0.103. The fourth-order valence-corrected chi connectivity index (χ4v) is 4.67. The number of nitrogen functional groups attached to an aromatic ring is 1. The van der Waals surface area contributed by atoms with Crippen LogP contribution in [0, 0.1) is 0 Å². The Morgan fingerprint density at radius 2 is 1.81 bits per heavy atom. The van der Waals surface area contributed by atoms with Gasteiger partial charge >= 0.3 is 0 Å². The molecule has 0 fully saturated rings. The number of pyridine rings is 1. The number of amides is 1. The molecule has 1 amide bonds. The predicted molar refractivity (Wildman–Crippen MR) is 129 cm³/mol. The molecule has 0 saturated heterocycles. The van der Waals surface area contributed by atoms with Crippen LogP contribution in [-0.2, 0) is 0 Å². The lowest BCUT2D eigenvalue weighted by Crippen LogP contribution is -2.11. The number of nitrogens with two attached hydrogens (primary N) is 1. The van der Waals surface area contributed by atoms with E-state index in [1.165, 1.54) is 11.3 Å². The smallest absolute Gasteiger partial charge is 0.267 e. The van der Waals surface area contributed by atoms with Crippen molar-refractivity contribution in [2.24, 2.45) is 0 Å². The van der Waals surface area contributed by atoms with Crippen LogP contribution in [0.5, 0.6) is 0 Å². The van der Waals surface area contributed by atoms with Crippen molar-refractivity contribution in [1.29, 1.82) is 0 Å². The number of halogens is 1. The van der Waals surface area contributed by atoms with Crippen molar-refractivity contribution >= 4 is 54.8 Å². The first kappa shape index (κ1) is 19.5. The third kappa shape index (κ3) is 3.73. The molecule has 5 nitrogen and oxygen atoms in total. The Labute approximate surface area is 190 Å². The van der Waals surface area contributed by atoms with E-state index in [0.29, 0.717) is 26.8 Å². The first-order chi connectivity index (χ1) is 15.1. The van der Waals surface area contributed by atoms with Crippen LogP contribution in [-0.4, -0.2) is 10.9 Å². The average molecular weight is 490 g/mol. The van der Waals surface area contributed by atoms with E-state index in [-0.39, 0.29) is 5.91 Å². The van der Waals surface area contributed by atoms with Gasteiger partial charge in [0.1, 0.15) is 15.5 Å². The summed E-state index contributed by atoms with van der Waals surface area (Å²) in [4.78, 5) is 18.9. The Hall–Kier alpha value is -3.42. The Morgan fingerprint density at radius 3 is 2.52 bits per heavy atom. The zero-order valence-electron chi connectivity index (χ0n) is 16.1. The van der Waals surface area contributed by atoms with Crippen LogP contribution in [0.1, 0.15) is 9.67 Å². The third-order valence-corrected chi connectivity index (χ3v) is 6.49. The molecule has 3 N–H and O–H groups in total. The number of carbonyl (C=O) groups excluding carboxylic acids is 1. The molecule has 0 aliphatic heterocycles. The monoisotopic (exact) mass is 489 g/mol. The first-order valence-corrected chi connectivity index (χ1v) is 11.1. The number of aromatic nitrogens is 1. The third-order valence-electron chi connectivity index (χ3n) is 4.86. The largest absolute Gasteiger partial charge is 0.464 e. The predicted octanol–water partition coefficient (Wildman–Crippen LogP) is 6.82. The second kappa shape index (κ2) is 8.02. The van der Waals surface area contributed by atoms with Crippen LogP contribution in [0.4, 0.5) is 11.4 Å². The number of furan rings is 1. The summed E-state index contributed by atoms with van der Waals surface area (Å²) in [5.74, 6) is 0.406. The minimum absolute atomic E-state index is 0.269. The lowest BCUT2D eigenvalue weighted by Gasteiger charge is -2.07. The van der Waals surface area contributed by atoms with Crippen molar-refractivity contribution < 1.29 is 9.21 Å². The summed E-state index contributed by atoms with van der Waals surface area (Å²) in [5, 5.41) is 3.63. The van der Waals surface area contributed by atoms with Crippen LogP contribution in [0.15, 0.2) is 87.9 Å². The van der Waals surface area contributed by atoms with Gasteiger partial charge in [0.15, 0.2) is 0 Å². The zero-order valence-corrected chi connectivity index (χ0v) is 18.5. The topological polar surface area (TPSA) is 81.2 Å². The van der Waals surface area contributed by atoms with Gasteiger partial charge in [0.25, 0.3) is 5.91 Å². The number of carbonyl (C=O) groups is 1. The van der Waals surface area contributed by atoms with Crippen LogP contribution in [0.2, 0.25) is 0 Å². The Bertz CT molecular complexity index is 1380. The quantitative estimate of drug-likeness (QED) is 0.290. The number of benzene rings is 2. The van der Waals surface area contributed by atoms with Gasteiger partial charge in [-0.25, -0.2) is 4.98 Å². The van der Waals surface area contributed by atoms with Gasteiger partial charge in [-0.05, 0) is 42.5 Å². The normalized spacial score (nSPS) is 11.0.